The molecule has 0 saturated heterocycles. The summed E-state index contributed by atoms with van der Waals surface area (Å²) in [6, 6.07) is 22.0. The van der Waals surface area contributed by atoms with Crippen molar-refractivity contribution >= 4 is 40.9 Å². The van der Waals surface area contributed by atoms with Gasteiger partial charge in [0.25, 0.3) is 5.91 Å². The van der Waals surface area contributed by atoms with Crippen LogP contribution in [0.15, 0.2) is 72.8 Å². The molecule has 4 aromatic rings. The Morgan fingerprint density at radius 2 is 1.64 bits per heavy atom. The SMILES string of the molecule is O=Cc1ccc(C(=O)Nc2ccccc2C=Cc2n[nH]c3ccccc23)cc1. The standard InChI is InChI=1S/C23H17N3O2/c27-15-16-9-11-18(12-10-16)23(28)24-20-7-3-1-5-17(20)13-14-22-19-6-2-4-8-21(19)25-26-22/h1-15H,(H,24,28)(H,25,26). The summed E-state index contributed by atoms with van der Waals surface area (Å²) in [5, 5.41) is 11.3. The summed E-state index contributed by atoms with van der Waals surface area (Å²) in [4.78, 5) is 23.3. The van der Waals surface area contributed by atoms with Crippen molar-refractivity contribution in [1.82, 2.24) is 10.2 Å². The molecule has 0 radical (unpaired) electrons. The summed E-state index contributed by atoms with van der Waals surface area (Å²) in [5.74, 6) is -0.233. The second kappa shape index (κ2) is 7.72. The zero-order valence-corrected chi connectivity index (χ0v) is 14.9. The fourth-order valence-corrected chi connectivity index (χ4v) is 2.94. The lowest BCUT2D eigenvalue weighted by molar-refractivity contribution is 0.102. The Morgan fingerprint density at radius 3 is 2.46 bits per heavy atom. The number of hydrogen-bond donors (Lipinski definition) is 2. The number of amides is 1. The topological polar surface area (TPSA) is 74.8 Å². The van der Waals surface area contributed by atoms with Crippen LogP contribution in [0.4, 0.5) is 5.69 Å². The number of para-hydroxylation sites is 2. The summed E-state index contributed by atoms with van der Waals surface area (Å²) >= 11 is 0. The number of benzene rings is 3. The van der Waals surface area contributed by atoms with Gasteiger partial charge in [0.05, 0.1) is 11.2 Å². The highest BCUT2D eigenvalue weighted by molar-refractivity contribution is 6.05. The van der Waals surface area contributed by atoms with Crippen molar-refractivity contribution in [2.45, 2.75) is 0 Å². The van der Waals surface area contributed by atoms with Gasteiger partial charge in [-0.1, -0.05) is 54.6 Å². The molecular formula is C23H17N3O2. The van der Waals surface area contributed by atoms with Crippen molar-refractivity contribution in [2.24, 2.45) is 0 Å². The van der Waals surface area contributed by atoms with Crippen molar-refractivity contribution in [3.63, 3.8) is 0 Å². The smallest absolute Gasteiger partial charge is 0.255 e. The number of carbonyl (C=O) groups is 2. The van der Waals surface area contributed by atoms with Crippen LogP contribution < -0.4 is 5.32 Å². The first-order valence-electron chi connectivity index (χ1n) is 8.81. The van der Waals surface area contributed by atoms with Crippen molar-refractivity contribution in [3.8, 4) is 0 Å². The number of rotatable bonds is 5. The maximum Gasteiger partial charge on any atom is 0.255 e. The summed E-state index contributed by atoms with van der Waals surface area (Å²) in [7, 11) is 0. The lowest BCUT2D eigenvalue weighted by atomic mass is 10.1. The molecular weight excluding hydrogens is 350 g/mol. The Labute approximate surface area is 161 Å². The van der Waals surface area contributed by atoms with Gasteiger partial charge in [-0.2, -0.15) is 5.10 Å². The van der Waals surface area contributed by atoms with Crippen LogP contribution in [0.25, 0.3) is 23.1 Å². The van der Waals surface area contributed by atoms with Crippen LogP contribution in [-0.2, 0) is 0 Å². The Bertz CT molecular complexity index is 1170. The third-order valence-electron chi connectivity index (χ3n) is 4.44. The molecule has 0 fully saturated rings. The van der Waals surface area contributed by atoms with E-state index >= 15 is 0 Å². The van der Waals surface area contributed by atoms with Gasteiger partial charge >= 0.3 is 0 Å². The molecule has 0 atom stereocenters. The molecule has 3 aromatic carbocycles. The Hall–Kier alpha value is -3.99. The Morgan fingerprint density at radius 1 is 0.893 bits per heavy atom. The monoisotopic (exact) mass is 367 g/mol. The molecule has 0 saturated carbocycles. The normalized spacial score (nSPS) is 11.0. The highest BCUT2D eigenvalue weighted by Gasteiger charge is 2.08. The van der Waals surface area contributed by atoms with E-state index in [1.807, 2.05) is 60.7 Å². The number of hydrogen-bond acceptors (Lipinski definition) is 3. The largest absolute Gasteiger partial charge is 0.321 e. The zero-order valence-electron chi connectivity index (χ0n) is 14.9. The van der Waals surface area contributed by atoms with Crippen molar-refractivity contribution in [2.75, 3.05) is 5.32 Å². The molecule has 28 heavy (non-hydrogen) atoms. The first kappa shape index (κ1) is 17.4. The second-order valence-corrected chi connectivity index (χ2v) is 6.27. The van der Waals surface area contributed by atoms with Gasteiger partial charge in [-0.25, -0.2) is 0 Å². The van der Waals surface area contributed by atoms with Crippen LogP contribution >= 0.6 is 0 Å². The van der Waals surface area contributed by atoms with Gasteiger partial charge in [0.2, 0.25) is 0 Å². The molecule has 2 N–H and O–H groups in total. The second-order valence-electron chi connectivity index (χ2n) is 6.27. The van der Waals surface area contributed by atoms with Crippen molar-refractivity contribution < 1.29 is 9.59 Å². The third kappa shape index (κ3) is 3.59. The molecule has 5 heteroatoms. The third-order valence-corrected chi connectivity index (χ3v) is 4.44. The predicted molar refractivity (Wildman–Crippen MR) is 111 cm³/mol. The number of aldehydes is 1. The predicted octanol–water partition coefficient (Wildman–Crippen LogP) is 4.80. The number of fused-ring (bicyclic) bond motifs is 1. The van der Waals surface area contributed by atoms with Gasteiger partial charge in [0, 0.05) is 22.2 Å². The van der Waals surface area contributed by atoms with Crippen LogP contribution in [0.2, 0.25) is 0 Å². The van der Waals surface area contributed by atoms with Crippen LogP contribution in [-0.4, -0.2) is 22.4 Å². The molecule has 0 bridgehead atoms. The van der Waals surface area contributed by atoms with E-state index in [2.05, 4.69) is 15.5 Å². The fourth-order valence-electron chi connectivity index (χ4n) is 2.94. The molecule has 136 valence electrons. The number of nitrogens with zero attached hydrogens (tertiary/aromatic N) is 1. The average Bonchev–Trinajstić information content (AvgIpc) is 3.16. The summed E-state index contributed by atoms with van der Waals surface area (Å²) < 4.78 is 0. The molecule has 1 amide bonds. The number of aromatic nitrogens is 2. The van der Waals surface area contributed by atoms with Crippen molar-refractivity contribution in [1.29, 1.82) is 0 Å². The first-order valence-corrected chi connectivity index (χ1v) is 8.81. The molecule has 0 aliphatic heterocycles. The lowest BCUT2D eigenvalue weighted by Gasteiger charge is -2.08. The van der Waals surface area contributed by atoms with E-state index in [9.17, 15) is 9.59 Å². The van der Waals surface area contributed by atoms with E-state index in [1.54, 1.807) is 24.3 Å². The van der Waals surface area contributed by atoms with E-state index in [4.69, 9.17) is 0 Å². The maximum absolute atomic E-state index is 12.5. The lowest BCUT2D eigenvalue weighted by Crippen LogP contribution is -2.12. The van der Waals surface area contributed by atoms with E-state index in [-0.39, 0.29) is 5.91 Å². The number of nitrogens with one attached hydrogen (secondary N) is 2. The minimum absolute atomic E-state index is 0.233. The average molecular weight is 367 g/mol. The maximum atomic E-state index is 12.5. The number of aromatic amines is 1. The first-order chi connectivity index (χ1) is 13.7. The van der Waals surface area contributed by atoms with Crippen molar-refractivity contribution in [3.05, 3.63) is 95.2 Å². The molecule has 4 rings (SSSR count). The van der Waals surface area contributed by atoms with Gasteiger partial charge < -0.3 is 5.32 Å². The number of H-pyrrole nitrogens is 1. The molecule has 0 unspecified atom stereocenters. The highest BCUT2D eigenvalue weighted by Crippen LogP contribution is 2.21. The molecule has 1 aromatic heterocycles. The quantitative estimate of drug-likeness (QED) is 0.498. The van der Waals surface area contributed by atoms with Crippen LogP contribution in [0.5, 0.6) is 0 Å². The van der Waals surface area contributed by atoms with Gasteiger partial charge in [-0.3, -0.25) is 14.7 Å². The molecule has 0 aliphatic rings. The fraction of sp³-hybridized carbons (Fsp3) is 0. The van der Waals surface area contributed by atoms with E-state index in [1.165, 1.54) is 0 Å². The van der Waals surface area contributed by atoms with E-state index < -0.39 is 0 Å². The van der Waals surface area contributed by atoms with Gasteiger partial charge in [-0.15, -0.1) is 0 Å². The Kier molecular flexibility index (Phi) is 4.80. The minimum atomic E-state index is -0.233. The number of carbonyl (C=O) groups excluding carboxylic acids is 2. The molecule has 5 nitrogen and oxygen atoms in total. The van der Waals surface area contributed by atoms with E-state index in [0.29, 0.717) is 16.8 Å². The van der Waals surface area contributed by atoms with Crippen LogP contribution in [0, 0.1) is 0 Å². The van der Waals surface area contributed by atoms with Gasteiger partial charge in [-0.05, 0) is 35.9 Å². The van der Waals surface area contributed by atoms with Crippen LogP contribution in [0.1, 0.15) is 32.0 Å². The van der Waals surface area contributed by atoms with E-state index in [0.717, 1.165) is 28.4 Å². The highest BCUT2D eigenvalue weighted by atomic mass is 16.1. The molecule has 1 heterocycles. The van der Waals surface area contributed by atoms with Gasteiger partial charge in [0.15, 0.2) is 0 Å². The summed E-state index contributed by atoms with van der Waals surface area (Å²) in [6.45, 7) is 0. The van der Waals surface area contributed by atoms with Crippen LogP contribution in [0.3, 0.4) is 0 Å². The van der Waals surface area contributed by atoms with Gasteiger partial charge in [0.1, 0.15) is 6.29 Å². The number of anilines is 1. The Balaban J connectivity index is 1.58. The zero-order chi connectivity index (χ0) is 19.3. The molecule has 0 spiro atoms. The minimum Gasteiger partial charge on any atom is -0.321 e. The summed E-state index contributed by atoms with van der Waals surface area (Å²) in [5.41, 5.74) is 4.40. The molecule has 0 aliphatic carbocycles. The summed E-state index contributed by atoms with van der Waals surface area (Å²) in [6.07, 6.45) is 4.59.